The number of carbonyl (C=O) groups is 3. The van der Waals surface area contributed by atoms with Crippen LogP contribution >= 0.6 is 0 Å². The Morgan fingerprint density at radius 2 is 1.66 bits per heavy atom. The second-order valence-corrected chi connectivity index (χ2v) is 10.0. The quantitative estimate of drug-likeness (QED) is 0.695. The molecule has 1 heterocycles. The first kappa shape index (κ1) is 21.5. The molecule has 2 aliphatic rings. The van der Waals surface area contributed by atoms with Crippen molar-refractivity contribution < 1.29 is 18.8 Å². The number of rotatable bonds is 5. The monoisotopic (exact) mass is 402 g/mol. The Balaban J connectivity index is 1.97. The molecule has 1 saturated heterocycles. The first-order valence-corrected chi connectivity index (χ1v) is 10.2. The highest BCUT2D eigenvalue weighted by Gasteiger charge is 2.70. The number of benzene rings is 1. The molecule has 2 fully saturated rings. The van der Waals surface area contributed by atoms with Crippen molar-refractivity contribution in [3.63, 3.8) is 0 Å². The predicted molar refractivity (Wildman–Crippen MR) is 110 cm³/mol. The van der Waals surface area contributed by atoms with Gasteiger partial charge >= 0.3 is 0 Å². The lowest BCUT2D eigenvalue weighted by atomic mass is 9.94. The van der Waals surface area contributed by atoms with Crippen molar-refractivity contribution in [2.24, 2.45) is 16.7 Å². The third kappa shape index (κ3) is 3.17. The summed E-state index contributed by atoms with van der Waals surface area (Å²) in [6.45, 7) is 14.1. The molecule has 5 nitrogen and oxygen atoms in total. The minimum absolute atomic E-state index is 0.0566. The van der Waals surface area contributed by atoms with E-state index in [0.29, 0.717) is 12.1 Å². The second-order valence-electron chi connectivity index (χ2n) is 10.0. The summed E-state index contributed by atoms with van der Waals surface area (Å²) in [6, 6.07) is 4.42. The molecular formula is C23H31FN2O3. The average Bonchev–Trinajstić information content (AvgIpc) is 2.86. The summed E-state index contributed by atoms with van der Waals surface area (Å²) in [7, 11) is 0. The van der Waals surface area contributed by atoms with Crippen molar-refractivity contribution in [1.82, 2.24) is 4.90 Å². The van der Waals surface area contributed by atoms with Crippen LogP contribution < -0.4 is 4.90 Å². The molecule has 3 rings (SSSR count). The topological polar surface area (TPSA) is 57.7 Å². The molecule has 0 bridgehead atoms. The van der Waals surface area contributed by atoms with Gasteiger partial charge in [-0.2, -0.15) is 0 Å². The van der Waals surface area contributed by atoms with Crippen LogP contribution in [0, 0.1) is 22.6 Å². The van der Waals surface area contributed by atoms with Gasteiger partial charge in [0.1, 0.15) is 11.9 Å². The fourth-order valence-electron chi connectivity index (χ4n) is 4.68. The predicted octanol–water partition coefficient (Wildman–Crippen LogP) is 4.16. The van der Waals surface area contributed by atoms with Gasteiger partial charge in [0.15, 0.2) is 0 Å². The van der Waals surface area contributed by atoms with Gasteiger partial charge in [0, 0.05) is 11.5 Å². The molecule has 0 N–H and O–H groups in total. The average molecular weight is 403 g/mol. The largest absolute Gasteiger partial charge is 0.325 e. The lowest BCUT2D eigenvalue weighted by molar-refractivity contribution is -0.147. The molecule has 158 valence electrons. The van der Waals surface area contributed by atoms with Crippen LogP contribution in [0.15, 0.2) is 24.3 Å². The van der Waals surface area contributed by atoms with Crippen molar-refractivity contribution in [3.05, 3.63) is 30.1 Å². The highest BCUT2D eigenvalue weighted by Crippen LogP contribution is 2.69. The Morgan fingerprint density at radius 3 is 2.10 bits per heavy atom. The van der Waals surface area contributed by atoms with E-state index in [0.717, 1.165) is 4.90 Å². The Hall–Kier alpha value is -2.24. The molecule has 3 amide bonds. The van der Waals surface area contributed by atoms with E-state index in [2.05, 4.69) is 27.7 Å². The smallest absolute Gasteiger partial charge is 0.257 e. The zero-order chi connectivity index (χ0) is 21.9. The first-order valence-electron chi connectivity index (χ1n) is 10.2. The van der Waals surface area contributed by atoms with E-state index in [4.69, 9.17) is 0 Å². The van der Waals surface area contributed by atoms with Gasteiger partial charge in [0.25, 0.3) is 5.91 Å². The van der Waals surface area contributed by atoms with Crippen molar-refractivity contribution in [2.75, 3.05) is 4.90 Å². The maximum absolute atomic E-state index is 13.7. The van der Waals surface area contributed by atoms with E-state index in [9.17, 15) is 18.8 Å². The van der Waals surface area contributed by atoms with E-state index in [1.165, 1.54) is 24.3 Å². The maximum atomic E-state index is 13.7. The highest BCUT2D eigenvalue weighted by atomic mass is 19.1. The fourth-order valence-corrected chi connectivity index (χ4v) is 4.68. The SMILES string of the molecule is CCC(C)(C)N(C(=O)C1C(C)(C)C1(C)C)C1CC(=O)N(c2ccc(F)cc2)C1=O. The van der Waals surface area contributed by atoms with E-state index >= 15 is 0 Å². The molecule has 0 aromatic heterocycles. The number of amides is 3. The Morgan fingerprint density at radius 1 is 1.14 bits per heavy atom. The summed E-state index contributed by atoms with van der Waals surface area (Å²) in [6.07, 6.45) is 0.597. The summed E-state index contributed by atoms with van der Waals surface area (Å²) in [4.78, 5) is 42.4. The zero-order valence-electron chi connectivity index (χ0n) is 18.4. The van der Waals surface area contributed by atoms with Gasteiger partial charge in [-0.15, -0.1) is 0 Å². The van der Waals surface area contributed by atoms with Crippen molar-refractivity contribution in [3.8, 4) is 0 Å². The van der Waals surface area contributed by atoms with Crippen LogP contribution in [-0.2, 0) is 14.4 Å². The van der Waals surface area contributed by atoms with Gasteiger partial charge in [-0.05, 0) is 55.4 Å². The van der Waals surface area contributed by atoms with E-state index in [1.54, 1.807) is 4.90 Å². The van der Waals surface area contributed by atoms with Crippen LogP contribution in [0.4, 0.5) is 10.1 Å². The standard InChI is InChI=1S/C23H31FN2O3/c1-8-21(2,3)26(20(29)18-22(4,5)23(18,6)7)16-13-17(27)25(19(16)28)15-11-9-14(24)10-12-15/h9-12,16,18H,8,13H2,1-7H3. The molecule has 1 aromatic rings. The number of anilines is 1. The molecule has 1 saturated carbocycles. The van der Waals surface area contributed by atoms with Gasteiger partial charge in [-0.3, -0.25) is 14.4 Å². The summed E-state index contributed by atoms with van der Waals surface area (Å²) in [5.74, 6) is -1.51. The molecule has 1 unspecified atom stereocenters. The van der Waals surface area contributed by atoms with Gasteiger partial charge in [0.2, 0.25) is 11.8 Å². The molecule has 0 spiro atoms. The third-order valence-electron chi connectivity index (χ3n) is 7.54. The van der Waals surface area contributed by atoms with Gasteiger partial charge in [-0.1, -0.05) is 34.6 Å². The van der Waals surface area contributed by atoms with Gasteiger partial charge in [0.05, 0.1) is 12.1 Å². The zero-order valence-corrected chi connectivity index (χ0v) is 18.4. The van der Waals surface area contributed by atoms with E-state index in [1.807, 2.05) is 20.8 Å². The lowest BCUT2D eigenvalue weighted by Crippen LogP contribution is -2.56. The Labute approximate surface area is 172 Å². The number of hydrogen-bond acceptors (Lipinski definition) is 3. The minimum Gasteiger partial charge on any atom is -0.325 e. The normalized spacial score (nSPS) is 23.4. The molecule has 6 heteroatoms. The lowest BCUT2D eigenvalue weighted by Gasteiger charge is -2.41. The third-order valence-corrected chi connectivity index (χ3v) is 7.54. The maximum Gasteiger partial charge on any atom is 0.257 e. The summed E-state index contributed by atoms with van der Waals surface area (Å²) in [5, 5.41) is 0. The summed E-state index contributed by atoms with van der Waals surface area (Å²) >= 11 is 0. The number of halogens is 1. The molecule has 0 radical (unpaired) electrons. The molecule has 1 aliphatic heterocycles. The van der Waals surface area contributed by atoms with Gasteiger partial charge < -0.3 is 4.90 Å². The van der Waals surface area contributed by atoms with Crippen LogP contribution in [-0.4, -0.2) is 34.2 Å². The number of carbonyl (C=O) groups excluding carboxylic acids is 3. The minimum atomic E-state index is -0.845. The van der Waals surface area contributed by atoms with Crippen molar-refractivity contribution in [1.29, 1.82) is 0 Å². The number of imide groups is 1. The molecule has 1 aromatic carbocycles. The molecule has 1 aliphatic carbocycles. The van der Waals surface area contributed by atoms with Gasteiger partial charge in [-0.25, -0.2) is 9.29 Å². The first-order chi connectivity index (χ1) is 13.3. The molecule has 1 atom stereocenters. The van der Waals surface area contributed by atoms with Crippen LogP contribution in [0.5, 0.6) is 0 Å². The Bertz CT molecular complexity index is 843. The highest BCUT2D eigenvalue weighted by molar-refractivity contribution is 6.23. The molecular weight excluding hydrogens is 371 g/mol. The number of hydrogen-bond donors (Lipinski definition) is 0. The Kier molecular flexibility index (Phi) is 4.92. The van der Waals surface area contributed by atoms with Crippen LogP contribution in [0.2, 0.25) is 0 Å². The van der Waals surface area contributed by atoms with E-state index < -0.39 is 23.3 Å². The number of nitrogens with zero attached hydrogens (tertiary/aromatic N) is 2. The summed E-state index contributed by atoms with van der Waals surface area (Å²) < 4.78 is 13.3. The van der Waals surface area contributed by atoms with Crippen LogP contribution in [0.3, 0.4) is 0 Å². The summed E-state index contributed by atoms with van der Waals surface area (Å²) in [5.41, 5.74) is -0.591. The van der Waals surface area contributed by atoms with Crippen LogP contribution in [0.1, 0.15) is 61.3 Å². The van der Waals surface area contributed by atoms with Crippen molar-refractivity contribution in [2.45, 2.75) is 72.9 Å². The fraction of sp³-hybridized carbons (Fsp3) is 0.609. The van der Waals surface area contributed by atoms with Crippen molar-refractivity contribution >= 4 is 23.4 Å². The second kappa shape index (κ2) is 6.64. The van der Waals surface area contributed by atoms with E-state index in [-0.39, 0.29) is 35.0 Å². The van der Waals surface area contributed by atoms with Crippen LogP contribution in [0.25, 0.3) is 0 Å². The molecule has 29 heavy (non-hydrogen) atoms.